The number of nitrogens with one attached hydrogen (secondary N) is 2. The van der Waals surface area contributed by atoms with E-state index in [1.165, 1.54) is 6.07 Å². The van der Waals surface area contributed by atoms with Crippen LogP contribution in [0.5, 0.6) is 5.75 Å². The molecule has 0 amide bonds. The molecular weight excluding hydrogens is 390 g/mol. The molecule has 1 atom stereocenters. The zero-order valence-corrected chi connectivity index (χ0v) is 14.5. The van der Waals surface area contributed by atoms with Crippen LogP contribution in [0.1, 0.15) is 17.0 Å². The van der Waals surface area contributed by atoms with Gasteiger partial charge in [0.2, 0.25) is 6.54 Å². The number of halogens is 1. The molecule has 0 spiro atoms. The summed E-state index contributed by atoms with van der Waals surface area (Å²) in [6.07, 6.45) is 0. The predicted molar refractivity (Wildman–Crippen MR) is 96.4 cm³/mol. The fourth-order valence-electron chi connectivity index (χ4n) is 2.83. The number of aromatic hydroxyl groups is 1. The lowest BCUT2D eigenvalue weighted by Crippen LogP contribution is -2.20. The first-order valence-electron chi connectivity index (χ1n) is 7.43. The lowest BCUT2D eigenvalue weighted by atomic mass is 9.89. The van der Waals surface area contributed by atoms with Crippen LogP contribution in [0, 0.1) is 10.1 Å². The Bertz CT molecular complexity index is 980. The smallest absolute Gasteiger partial charge is 0.268 e. The van der Waals surface area contributed by atoms with Gasteiger partial charge >= 0.3 is 0 Å². The zero-order valence-electron chi connectivity index (χ0n) is 12.9. The molecule has 0 bridgehead atoms. The van der Waals surface area contributed by atoms with Gasteiger partial charge in [-0.2, -0.15) is 0 Å². The van der Waals surface area contributed by atoms with Crippen molar-refractivity contribution in [3.63, 3.8) is 0 Å². The molecule has 1 aromatic heterocycles. The molecule has 2 aromatic carbocycles. The van der Waals surface area contributed by atoms with Gasteiger partial charge in [-0.3, -0.25) is 25.1 Å². The van der Waals surface area contributed by atoms with Crippen LogP contribution in [-0.2, 0) is 0 Å². The van der Waals surface area contributed by atoms with Gasteiger partial charge in [0, 0.05) is 15.0 Å². The second-order valence-corrected chi connectivity index (χ2v) is 6.42. The third-order valence-corrected chi connectivity index (χ3v) is 4.41. The number of hydrogen-bond acceptors (Lipinski definition) is 4. The van der Waals surface area contributed by atoms with Crippen molar-refractivity contribution in [2.75, 3.05) is 6.54 Å². The van der Waals surface area contributed by atoms with Crippen molar-refractivity contribution >= 4 is 15.9 Å². The second kappa shape index (κ2) is 6.94. The van der Waals surface area contributed by atoms with Gasteiger partial charge in [0.15, 0.2) is 0 Å². The van der Waals surface area contributed by atoms with Crippen molar-refractivity contribution in [2.24, 2.45) is 0 Å². The Morgan fingerprint density at radius 2 is 1.92 bits per heavy atom. The van der Waals surface area contributed by atoms with Gasteiger partial charge in [-0.15, -0.1) is 0 Å². The maximum Gasteiger partial charge on any atom is 0.268 e. The van der Waals surface area contributed by atoms with Crippen LogP contribution in [0.4, 0.5) is 0 Å². The summed E-state index contributed by atoms with van der Waals surface area (Å²) in [4.78, 5) is 23.2. The second-order valence-electron chi connectivity index (χ2n) is 5.51. The summed E-state index contributed by atoms with van der Waals surface area (Å²) in [5.74, 6) is -0.787. The van der Waals surface area contributed by atoms with Crippen LogP contribution in [0.15, 0.2) is 57.8 Å². The Balaban J connectivity index is 2.21. The molecule has 3 aromatic rings. The highest BCUT2D eigenvalue weighted by atomic mass is 79.9. The van der Waals surface area contributed by atoms with Crippen molar-refractivity contribution in [1.82, 2.24) is 10.2 Å². The van der Waals surface area contributed by atoms with E-state index >= 15 is 0 Å². The number of nitro groups is 1. The third-order valence-electron chi connectivity index (χ3n) is 3.92. The molecule has 8 heteroatoms. The molecule has 25 heavy (non-hydrogen) atoms. The third kappa shape index (κ3) is 3.48. The molecule has 3 rings (SSSR count). The molecular formula is C17H14BrN3O4. The van der Waals surface area contributed by atoms with Gasteiger partial charge in [0.25, 0.3) is 5.56 Å². The van der Waals surface area contributed by atoms with Crippen LogP contribution in [0.3, 0.4) is 0 Å². The Hall–Kier alpha value is -2.87. The minimum Gasteiger partial charge on any atom is -0.507 e. The number of rotatable bonds is 5. The topological polar surface area (TPSA) is 112 Å². The van der Waals surface area contributed by atoms with Gasteiger partial charge < -0.3 is 5.11 Å². The monoisotopic (exact) mass is 403 g/mol. The van der Waals surface area contributed by atoms with E-state index in [1.807, 2.05) is 0 Å². The molecule has 0 radical (unpaired) electrons. The molecule has 0 saturated carbocycles. The number of nitrogens with zero attached hydrogens (tertiary/aromatic N) is 1. The highest BCUT2D eigenvalue weighted by Gasteiger charge is 2.28. The van der Waals surface area contributed by atoms with Crippen molar-refractivity contribution in [2.45, 2.75) is 5.92 Å². The van der Waals surface area contributed by atoms with E-state index in [0.29, 0.717) is 16.8 Å². The largest absolute Gasteiger partial charge is 0.507 e. The predicted octanol–water partition coefficient (Wildman–Crippen LogP) is 3.25. The molecule has 0 fully saturated rings. The summed E-state index contributed by atoms with van der Waals surface area (Å²) in [5, 5.41) is 26.5. The first-order chi connectivity index (χ1) is 12.0. The van der Waals surface area contributed by atoms with E-state index in [1.54, 1.807) is 42.5 Å². The number of aromatic amines is 2. The van der Waals surface area contributed by atoms with Crippen molar-refractivity contribution < 1.29 is 10.0 Å². The first-order valence-corrected chi connectivity index (χ1v) is 8.23. The lowest BCUT2D eigenvalue weighted by Gasteiger charge is -2.14. The summed E-state index contributed by atoms with van der Waals surface area (Å²) in [7, 11) is 0. The molecule has 7 nitrogen and oxygen atoms in total. The van der Waals surface area contributed by atoms with Crippen LogP contribution in [0.2, 0.25) is 0 Å². The summed E-state index contributed by atoms with van der Waals surface area (Å²) in [6, 6.07) is 13.5. The number of aromatic nitrogens is 2. The zero-order chi connectivity index (χ0) is 18.0. The number of phenolic OH excluding ortho intramolecular Hbond substituents is 1. The Kier molecular flexibility index (Phi) is 4.71. The lowest BCUT2D eigenvalue weighted by molar-refractivity contribution is -0.481. The summed E-state index contributed by atoms with van der Waals surface area (Å²) in [5.41, 5.74) is 1.14. The highest BCUT2D eigenvalue weighted by molar-refractivity contribution is 9.10. The van der Waals surface area contributed by atoms with Gasteiger partial charge in [0.1, 0.15) is 5.75 Å². The van der Waals surface area contributed by atoms with E-state index in [4.69, 9.17) is 0 Å². The molecule has 1 heterocycles. The average Bonchev–Trinajstić information content (AvgIpc) is 2.94. The van der Waals surface area contributed by atoms with Crippen molar-refractivity contribution in [1.29, 1.82) is 0 Å². The number of phenols is 1. The molecule has 0 aliphatic carbocycles. The highest BCUT2D eigenvalue weighted by Crippen LogP contribution is 2.34. The van der Waals surface area contributed by atoms with Crippen molar-refractivity contribution in [3.05, 3.63) is 84.6 Å². The molecule has 128 valence electrons. The van der Waals surface area contributed by atoms with E-state index in [9.17, 15) is 20.0 Å². The minimum atomic E-state index is -0.767. The number of benzene rings is 2. The maximum absolute atomic E-state index is 12.4. The Morgan fingerprint density at radius 3 is 2.60 bits per heavy atom. The summed E-state index contributed by atoms with van der Waals surface area (Å²) in [6.45, 7) is -0.446. The number of hydrogen-bond donors (Lipinski definition) is 3. The summed E-state index contributed by atoms with van der Waals surface area (Å²) >= 11 is 3.35. The molecule has 3 N–H and O–H groups in total. The molecule has 0 aliphatic rings. The first kappa shape index (κ1) is 17.0. The van der Waals surface area contributed by atoms with E-state index in [2.05, 4.69) is 26.1 Å². The average molecular weight is 404 g/mol. The van der Waals surface area contributed by atoms with E-state index in [-0.39, 0.29) is 11.3 Å². The van der Waals surface area contributed by atoms with Crippen LogP contribution < -0.4 is 5.56 Å². The van der Waals surface area contributed by atoms with Crippen LogP contribution in [-0.4, -0.2) is 26.8 Å². The van der Waals surface area contributed by atoms with Crippen LogP contribution >= 0.6 is 15.9 Å². The minimum absolute atomic E-state index is 0.0203. The van der Waals surface area contributed by atoms with Gasteiger partial charge in [-0.1, -0.05) is 40.2 Å². The van der Waals surface area contributed by atoms with Crippen molar-refractivity contribution in [3.8, 4) is 17.0 Å². The summed E-state index contributed by atoms with van der Waals surface area (Å²) < 4.78 is 0.759. The Morgan fingerprint density at radius 1 is 1.16 bits per heavy atom. The van der Waals surface area contributed by atoms with Gasteiger partial charge in [-0.25, -0.2) is 0 Å². The molecule has 0 aliphatic heterocycles. The number of para-hydroxylation sites is 1. The SMILES string of the molecule is O=c1[nH][nH]c(-c2ccccc2O)c1C(C[N+](=O)[O-])c1cccc(Br)c1. The van der Waals surface area contributed by atoms with Gasteiger partial charge in [-0.05, 0) is 29.8 Å². The van der Waals surface area contributed by atoms with Crippen LogP contribution in [0.25, 0.3) is 11.3 Å². The molecule has 0 saturated heterocycles. The van der Waals surface area contributed by atoms with E-state index in [0.717, 1.165) is 4.47 Å². The standard InChI is InChI=1S/C17H14BrN3O4/c18-11-5-3-4-10(8-11)13(9-21(24)25)15-16(19-20-17(15)23)12-6-1-2-7-14(12)22/h1-8,13,22H,9H2,(H2,19,20,23). The number of H-pyrrole nitrogens is 2. The molecule has 1 unspecified atom stereocenters. The van der Waals surface area contributed by atoms with E-state index < -0.39 is 22.9 Å². The quantitative estimate of drug-likeness (QED) is 0.448. The van der Waals surface area contributed by atoms with Gasteiger partial charge in [0.05, 0.1) is 17.2 Å². The Labute approximate surface area is 150 Å². The fourth-order valence-corrected chi connectivity index (χ4v) is 3.25. The maximum atomic E-state index is 12.4. The normalized spacial score (nSPS) is 12.0. The fraction of sp³-hybridized carbons (Fsp3) is 0.118.